The topological polar surface area (TPSA) is 21.7 Å². The molecule has 0 N–H and O–H groups in total. The molecule has 0 amide bonds. The number of aromatic nitrogens is 3. The van der Waals surface area contributed by atoms with E-state index in [2.05, 4.69) is 122 Å². The first kappa shape index (κ1) is 21.8. The summed E-state index contributed by atoms with van der Waals surface area (Å²) in [7, 11) is 2.15. The standard InChI is InChI=1S/C34H28N3/c1-21-19-22(2)23(3)30(20-21)33-28-15-14-27-24(25(28)16-18-36(33)4)10-7-13-32(27)37-31-12-6-5-9-26(31)29-11-8-17-35-34(29)37/h5-20H,1-4H3/q+1. The third kappa shape index (κ3) is 3.14. The average Bonchev–Trinajstić information content (AvgIpc) is 3.24. The molecule has 0 saturated carbocycles. The first-order chi connectivity index (χ1) is 18.0. The summed E-state index contributed by atoms with van der Waals surface area (Å²) < 4.78 is 4.58. The Labute approximate surface area is 216 Å². The number of pyridine rings is 2. The Morgan fingerprint density at radius 1 is 0.676 bits per heavy atom. The number of benzene rings is 4. The van der Waals surface area contributed by atoms with E-state index in [1.165, 1.54) is 65.8 Å². The lowest BCUT2D eigenvalue weighted by molar-refractivity contribution is -0.659. The van der Waals surface area contributed by atoms with Crippen LogP contribution in [0.25, 0.3) is 60.4 Å². The van der Waals surface area contributed by atoms with Crippen molar-refractivity contribution < 1.29 is 4.57 Å². The van der Waals surface area contributed by atoms with Gasteiger partial charge >= 0.3 is 0 Å². The molecule has 0 unspecified atom stereocenters. The van der Waals surface area contributed by atoms with E-state index in [9.17, 15) is 0 Å². The largest absolute Gasteiger partial charge is 0.293 e. The third-order valence-corrected chi connectivity index (χ3v) is 7.89. The Balaban J connectivity index is 1.58. The molecule has 0 fully saturated rings. The maximum atomic E-state index is 4.82. The lowest BCUT2D eigenvalue weighted by atomic mass is 9.93. The van der Waals surface area contributed by atoms with E-state index in [-0.39, 0.29) is 0 Å². The van der Waals surface area contributed by atoms with Gasteiger partial charge in [-0.2, -0.15) is 0 Å². The van der Waals surface area contributed by atoms with Crippen molar-refractivity contribution in [3.63, 3.8) is 0 Å². The maximum absolute atomic E-state index is 4.82. The number of para-hydroxylation sites is 1. The summed E-state index contributed by atoms with van der Waals surface area (Å²) in [5.74, 6) is 0. The molecule has 37 heavy (non-hydrogen) atoms. The van der Waals surface area contributed by atoms with Crippen molar-refractivity contribution in [3.05, 3.63) is 114 Å². The maximum Gasteiger partial charge on any atom is 0.220 e. The molecule has 0 atom stereocenters. The highest BCUT2D eigenvalue weighted by Gasteiger charge is 2.21. The summed E-state index contributed by atoms with van der Waals surface area (Å²) in [4.78, 5) is 4.82. The Hall–Kier alpha value is -4.50. The van der Waals surface area contributed by atoms with Crippen LogP contribution in [0.1, 0.15) is 16.7 Å². The second-order valence-corrected chi connectivity index (χ2v) is 10.2. The van der Waals surface area contributed by atoms with Gasteiger partial charge in [0.25, 0.3) is 0 Å². The zero-order chi connectivity index (χ0) is 25.3. The fourth-order valence-electron chi connectivity index (χ4n) is 6.06. The zero-order valence-electron chi connectivity index (χ0n) is 21.6. The number of hydrogen-bond acceptors (Lipinski definition) is 1. The van der Waals surface area contributed by atoms with Crippen molar-refractivity contribution in [2.24, 2.45) is 7.05 Å². The van der Waals surface area contributed by atoms with Gasteiger partial charge in [-0.15, -0.1) is 0 Å². The van der Waals surface area contributed by atoms with Crippen LogP contribution in [0.15, 0.2) is 97.3 Å². The van der Waals surface area contributed by atoms with Gasteiger partial charge in [-0.25, -0.2) is 9.55 Å². The molecular formula is C34H28N3+. The van der Waals surface area contributed by atoms with Gasteiger partial charge in [0, 0.05) is 33.8 Å². The predicted molar refractivity (Wildman–Crippen MR) is 154 cm³/mol. The van der Waals surface area contributed by atoms with Crippen molar-refractivity contribution in [1.82, 2.24) is 9.55 Å². The zero-order valence-corrected chi connectivity index (χ0v) is 21.6. The van der Waals surface area contributed by atoms with Crippen LogP contribution in [0.5, 0.6) is 0 Å². The fourth-order valence-corrected chi connectivity index (χ4v) is 6.06. The number of hydrogen-bond donors (Lipinski definition) is 0. The van der Waals surface area contributed by atoms with Crippen molar-refractivity contribution in [1.29, 1.82) is 0 Å². The Morgan fingerprint density at radius 3 is 2.32 bits per heavy atom. The Bertz CT molecular complexity index is 1970. The van der Waals surface area contributed by atoms with Gasteiger partial charge in [0.05, 0.1) is 22.2 Å². The van der Waals surface area contributed by atoms with Crippen molar-refractivity contribution >= 4 is 43.5 Å². The molecule has 3 heterocycles. The minimum atomic E-state index is 0.988. The molecular weight excluding hydrogens is 450 g/mol. The summed E-state index contributed by atoms with van der Waals surface area (Å²) in [6.07, 6.45) is 4.08. The highest BCUT2D eigenvalue weighted by atomic mass is 15.0. The van der Waals surface area contributed by atoms with E-state index < -0.39 is 0 Å². The second kappa shape index (κ2) is 8.01. The van der Waals surface area contributed by atoms with Crippen LogP contribution >= 0.6 is 0 Å². The molecule has 7 aromatic rings. The van der Waals surface area contributed by atoms with Gasteiger partial charge in [0.2, 0.25) is 5.69 Å². The first-order valence-electron chi connectivity index (χ1n) is 12.8. The van der Waals surface area contributed by atoms with Crippen LogP contribution in [0.4, 0.5) is 0 Å². The summed E-state index contributed by atoms with van der Waals surface area (Å²) in [5.41, 5.74) is 9.82. The lowest BCUT2D eigenvalue weighted by Gasteiger charge is -2.14. The second-order valence-electron chi connectivity index (χ2n) is 10.2. The van der Waals surface area contributed by atoms with Crippen LogP contribution in [0.2, 0.25) is 0 Å². The predicted octanol–water partition coefficient (Wildman–Crippen LogP) is 7.90. The molecule has 4 aromatic carbocycles. The fraction of sp³-hybridized carbons (Fsp3) is 0.118. The quantitative estimate of drug-likeness (QED) is 0.183. The van der Waals surface area contributed by atoms with E-state index in [4.69, 9.17) is 4.98 Å². The summed E-state index contributed by atoms with van der Waals surface area (Å²) in [5, 5.41) is 7.40. The third-order valence-electron chi connectivity index (χ3n) is 7.89. The molecule has 0 saturated heterocycles. The summed E-state index contributed by atoms with van der Waals surface area (Å²) in [6.45, 7) is 6.62. The van der Waals surface area contributed by atoms with Crippen LogP contribution in [-0.4, -0.2) is 9.55 Å². The SMILES string of the molecule is Cc1cc(C)c(C)c(-c2c3ccc4c(-n5c6ccccc6c6cccnc65)cccc4c3cc[n+]2C)c1. The van der Waals surface area contributed by atoms with Gasteiger partial charge in [-0.3, -0.25) is 4.57 Å². The highest BCUT2D eigenvalue weighted by molar-refractivity contribution is 6.15. The smallest absolute Gasteiger partial charge is 0.220 e. The number of nitrogens with zero attached hydrogens (tertiary/aromatic N) is 3. The van der Waals surface area contributed by atoms with Gasteiger partial charge in [-0.05, 0) is 73.7 Å². The van der Waals surface area contributed by atoms with E-state index in [1.54, 1.807) is 0 Å². The first-order valence-corrected chi connectivity index (χ1v) is 12.8. The monoisotopic (exact) mass is 478 g/mol. The minimum Gasteiger partial charge on any atom is -0.293 e. The molecule has 0 aliphatic rings. The normalized spacial score (nSPS) is 11.8. The summed E-state index contributed by atoms with van der Waals surface area (Å²) >= 11 is 0. The molecule has 178 valence electrons. The molecule has 0 aliphatic carbocycles. The molecule has 3 nitrogen and oxygen atoms in total. The van der Waals surface area contributed by atoms with Gasteiger partial charge in [0.1, 0.15) is 12.7 Å². The van der Waals surface area contributed by atoms with Crippen molar-refractivity contribution in [2.75, 3.05) is 0 Å². The Kier molecular flexibility index (Phi) is 4.71. The van der Waals surface area contributed by atoms with E-state index in [0.29, 0.717) is 0 Å². The van der Waals surface area contributed by atoms with E-state index >= 15 is 0 Å². The van der Waals surface area contributed by atoms with Crippen molar-refractivity contribution in [2.45, 2.75) is 20.8 Å². The summed E-state index contributed by atoms with van der Waals surface area (Å²) in [6, 6.07) is 30.9. The van der Waals surface area contributed by atoms with Crippen LogP contribution in [-0.2, 0) is 7.05 Å². The average molecular weight is 479 g/mol. The van der Waals surface area contributed by atoms with Gasteiger partial charge < -0.3 is 0 Å². The van der Waals surface area contributed by atoms with Crippen LogP contribution in [0, 0.1) is 20.8 Å². The molecule has 7 rings (SSSR count). The molecule has 3 heteroatoms. The highest BCUT2D eigenvalue weighted by Crippen LogP contribution is 2.38. The van der Waals surface area contributed by atoms with Crippen LogP contribution in [0.3, 0.4) is 0 Å². The molecule has 0 bridgehead atoms. The van der Waals surface area contributed by atoms with E-state index in [1.807, 2.05) is 12.3 Å². The van der Waals surface area contributed by atoms with Gasteiger partial charge in [0.15, 0.2) is 6.20 Å². The number of rotatable bonds is 2. The van der Waals surface area contributed by atoms with Gasteiger partial charge in [-0.1, -0.05) is 48.0 Å². The molecule has 3 aromatic heterocycles. The molecule has 0 radical (unpaired) electrons. The van der Waals surface area contributed by atoms with Crippen molar-refractivity contribution in [3.8, 4) is 16.9 Å². The Morgan fingerprint density at radius 2 is 1.43 bits per heavy atom. The number of aryl methyl sites for hydroxylation is 3. The lowest BCUT2D eigenvalue weighted by Crippen LogP contribution is -2.30. The van der Waals surface area contributed by atoms with Crippen LogP contribution < -0.4 is 4.57 Å². The minimum absolute atomic E-state index is 0.988. The molecule has 0 aliphatic heterocycles. The molecule has 0 spiro atoms. The number of fused-ring (bicyclic) bond motifs is 6. The van der Waals surface area contributed by atoms with E-state index in [0.717, 1.165) is 11.3 Å².